The zero-order valence-electron chi connectivity index (χ0n) is 15.1. The largest absolute Gasteiger partial charge is 0.376 e. The van der Waals surface area contributed by atoms with Gasteiger partial charge in [-0.05, 0) is 37.0 Å². The van der Waals surface area contributed by atoms with Crippen LogP contribution in [0, 0.1) is 11.3 Å². The van der Waals surface area contributed by atoms with Crippen LogP contribution in [0.25, 0.3) is 0 Å². The molecule has 0 saturated carbocycles. The lowest BCUT2D eigenvalue weighted by Crippen LogP contribution is -2.22. The summed E-state index contributed by atoms with van der Waals surface area (Å²) in [4.78, 5) is 0. The summed E-state index contributed by atoms with van der Waals surface area (Å²) in [5, 5.41) is 18.6. The van der Waals surface area contributed by atoms with E-state index in [-0.39, 0.29) is 12.1 Å². The minimum absolute atomic E-state index is 0.0989. The molecule has 7 heteroatoms. The van der Waals surface area contributed by atoms with Crippen molar-refractivity contribution in [1.82, 2.24) is 14.8 Å². The summed E-state index contributed by atoms with van der Waals surface area (Å²) in [6.45, 7) is 3.72. The molecule has 26 heavy (non-hydrogen) atoms. The van der Waals surface area contributed by atoms with Gasteiger partial charge in [-0.1, -0.05) is 37.2 Å². The second-order valence-electron chi connectivity index (χ2n) is 6.58. The maximum atomic E-state index is 8.91. The van der Waals surface area contributed by atoms with E-state index in [9.17, 15) is 0 Å². The molecule has 0 spiro atoms. The van der Waals surface area contributed by atoms with Gasteiger partial charge in [-0.25, -0.2) is 0 Å². The fourth-order valence-electron chi connectivity index (χ4n) is 3.11. The number of ether oxygens (including phenoxy) is 1. The van der Waals surface area contributed by atoms with Crippen molar-refractivity contribution in [2.24, 2.45) is 5.73 Å². The van der Waals surface area contributed by atoms with Gasteiger partial charge in [-0.2, -0.15) is 5.26 Å². The fourth-order valence-corrected chi connectivity index (χ4v) is 4.02. The molecule has 0 amide bonds. The lowest BCUT2D eigenvalue weighted by molar-refractivity contribution is 0.0938. The summed E-state index contributed by atoms with van der Waals surface area (Å²) in [7, 11) is 0. The Labute approximate surface area is 158 Å². The summed E-state index contributed by atoms with van der Waals surface area (Å²) < 4.78 is 7.95. The van der Waals surface area contributed by atoms with Gasteiger partial charge in [0.1, 0.15) is 0 Å². The van der Waals surface area contributed by atoms with Crippen molar-refractivity contribution in [2.45, 2.75) is 62.2 Å². The van der Waals surface area contributed by atoms with Crippen LogP contribution in [0.3, 0.4) is 0 Å². The lowest BCUT2D eigenvalue weighted by Gasteiger charge is -2.17. The van der Waals surface area contributed by atoms with Gasteiger partial charge in [0.25, 0.3) is 0 Å². The normalized spacial score (nSPS) is 18.0. The van der Waals surface area contributed by atoms with Crippen molar-refractivity contribution in [2.75, 3.05) is 6.61 Å². The van der Waals surface area contributed by atoms with Gasteiger partial charge in [-0.15, -0.1) is 10.2 Å². The van der Waals surface area contributed by atoms with E-state index in [0.717, 1.165) is 61.1 Å². The number of nitrogens with zero attached hydrogens (tertiary/aromatic N) is 4. The SMILES string of the molecule is CCCC(N)c1nnc(SCc2ccc(C#N)cc2)n1CC1CCCO1. The molecule has 1 aromatic heterocycles. The molecule has 2 aromatic rings. The number of benzene rings is 1. The molecule has 1 aliphatic heterocycles. The molecule has 1 saturated heterocycles. The number of nitriles is 1. The highest BCUT2D eigenvalue weighted by molar-refractivity contribution is 7.98. The van der Waals surface area contributed by atoms with Gasteiger partial charge in [0, 0.05) is 12.4 Å². The van der Waals surface area contributed by atoms with E-state index in [1.54, 1.807) is 11.8 Å². The van der Waals surface area contributed by atoms with Crippen molar-refractivity contribution in [1.29, 1.82) is 5.26 Å². The molecule has 0 radical (unpaired) electrons. The molecule has 1 fully saturated rings. The molecule has 2 atom stereocenters. The first-order valence-corrected chi connectivity index (χ1v) is 10.1. The summed E-state index contributed by atoms with van der Waals surface area (Å²) in [5.41, 5.74) is 8.16. The van der Waals surface area contributed by atoms with Gasteiger partial charge in [-0.3, -0.25) is 0 Å². The third-order valence-electron chi connectivity index (χ3n) is 4.54. The van der Waals surface area contributed by atoms with E-state index in [1.807, 2.05) is 24.3 Å². The van der Waals surface area contributed by atoms with Crippen molar-refractivity contribution in [3.63, 3.8) is 0 Å². The van der Waals surface area contributed by atoms with Gasteiger partial charge in [0.2, 0.25) is 0 Å². The zero-order chi connectivity index (χ0) is 18.4. The lowest BCUT2D eigenvalue weighted by atomic mass is 10.1. The number of hydrogen-bond acceptors (Lipinski definition) is 6. The van der Waals surface area contributed by atoms with Crippen LogP contribution >= 0.6 is 11.8 Å². The third-order valence-corrected chi connectivity index (χ3v) is 5.58. The Hall–Kier alpha value is -1.88. The smallest absolute Gasteiger partial charge is 0.191 e. The number of hydrogen-bond donors (Lipinski definition) is 1. The highest BCUT2D eigenvalue weighted by Crippen LogP contribution is 2.27. The molecule has 2 heterocycles. The van der Waals surface area contributed by atoms with E-state index in [1.165, 1.54) is 0 Å². The predicted molar refractivity (Wildman–Crippen MR) is 102 cm³/mol. The summed E-state index contributed by atoms with van der Waals surface area (Å²) in [5.74, 6) is 1.63. The fraction of sp³-hybridized carbons (Fsp3) is 0.526. The van der Waals surface area contributed by atoms with Crippen LogP contribution in [0.1, 0.15) is 55.6 Å². The molecule has 1 aliphatic rings. The van der Waals surface area contributed by atoms with Crippen LogP contribution in [-0.2, 0) is 17.0 Å². The first-order chi connectivity index (χ1) is 12.7. The van der Waals surface area contributed by atoms with E-state index < -0.39 is 0 Å². The van der Waals surface area contributed by atoms with Crippen LogP contribution in [0.4, 0.5) is 0 Å². The van der Waals surface area contributed by atoms with Gasteiger partial charge in [0.05, 0.1) is 30.3 Å². The second-order valence-corrected chi connectivity index (χ2v) is 7.52. The highest BCUT2D eigenvalue weighted by atomic mass is 32.2. The Bertz CT molecular complexity index is 746. The minimum Gasteiger partial charge on any atom is -0.376 e. The molecule has 6 nitrogen and oxygen atoms in total. The topological polar surface area (TPSA) is 89.8 Å². The Morgan fingerprint density at radius 3 is 2.85 bits per heavy atom. The number of nitrogens with two attached hydrogens (primary N) is 1. The second kappa shape index (κ2) is 9.17. The summed E-state index contributed by atoms with van der Waals surface area (Å²) in [6, 6.07) is 9.70. The van der Waals surface area contributed by atoms with Crippen LogP contribution < -0.4 is 5.73 Å². The monoisotopic (exact) mass is 371 g/mol. The predicted octanol–water partition coefficient (Wildman–Crippen LogP) is 3.42. The number of thioether (sulfide) groups is 1. The highest BCUT2D eigenvalue weighted by Gasteiger charge is 2.23. The maximum Gasteiger partial charge on any atom is 0.191 e. The molecule has 0 bridgehead atoms. The van der Waals surface area contributed by atoms with Crippen LogP contribution in [-0.4, -0.2) is 27.5 Å². The number of aromatic nitrogens is 3. The van der Waals surface area contributed by atoms with E-state index in [2.05, 4.69) is 27.8 Å². The molecule has 0 aliphatic carbocycles. The zero-order valence-corrected chi connectivity index (χ0v) is 15.9. The molecule has 2 unspecified atom stereocenters. The Kier molecular flexibility index (Phi) is 6.67. The third kappa shape index (κ3) is 4.64. The van der Waals surface area contributed by atoms with Crippen molar-refractivity contribution in [3.8, 4) is 6.07 Å². The molecule has 3 rings (SSSR count). The summed E-state index contributed by atoms with van der Waals surface area (Å²) in [6.07, 6.45) is 4.30. The molecule has 2 N–H and O–H groups in total. The van der Waals surface area contributed by atoms with Crippen molar-refractivity contribution >= 4 is 11.8 Å². The van der Waals surface area contributed by atoms with Crippen molar-refractivity contribution < 1.29 is 4.74 Å². The van der Waals surface area contributed by atoms with E-state index in [4.69, 9.17) is 15.7 Å². The first kappa shape index (κ1) is 18.9. The first-order valence-electron chi connectivity index (χ1n) is 9.13. The average molecular weight is 372 g/mol. The number of rotatable bonds is 8. The molecular formula is C19H25N5OS. The van der Waals surface area contributed by atoms with E-state index in [0.29, 0.717) is 5.56 Å². The van der Waals surface area contributed by atoms with Gasteiger partial charge in [0.15, 0.2) is 11.0 Å². The van der Waals surface area contributed by atoms with E-state index >= 15 is 0 Å². The molecule has 138 valence electrons. The Balaban J connectivity index is 1.74. The van der Waals surface area contributed by atoms with Crippen LogP contribution in [0.2, 0.25) is 0 Å². The standard InChI is InChI=1S/C19H25N5OS/c1-2-4-17(21)18-22-23-19(24(18)12-16-5-3-10-25-16)26-13-15-8-6-14(11-20)7-9-15/h6-9,16-17H,2-5,10,12-13,21H2,1H3. The minimum atomic E-state index is -0.0989. The Morgan fingerprint density at radius 2 is 2.19 bits per heavy atom. The maximum absolute atomic E-state index is 8.91. The average Bonchev–Trinajstić information content (AvgIpc) is 3.31. The van der Waals surface area contributed by atoms with Crippen molar-refractivity contribution in [3.05, 3.63) is 41.2 Å². The van der Waals surface area contributed by atoms with Gasteiger partial charge >= 0.3 is 0 Å². The molecule has 1 aromatic carbocycles. The van der Waals surface area contributed by atoms with Crippen LogP contribution in [0.5, 0.6) is 0 Å². The Morgan fingerprint density at radius 1 is 1.38 bits per heavy atom. The molecular weight excluding hydrogens is 346 g/mol. The van der Waals surface area contributed by atoms with Gasteiger partial charge < -0.3 is 15.0 Å². The summed E-state index contributed by atoms with van der Waals surface area (Å²) >= 11 is 1.65. The quantitative estimate of drug-likeness (QED) is 0.715. The van der Waals surface area contributed by atoms with Crippen LogP contribution in [0.15, 0.2) is 29.4 Å².